The molecular weight excluding hydrogens is 582 g/mol. The number of carbonyl (C=O) groups excluding carboxylic acids is 2. The number of nitrogens with one attached hydrogen (secondary N) is 1. The van der Waals surface area contributed by atoms with Gasteiger partial charge in [-0.3, -0.25) is 14.5 Å². The second-order valence-corrected chi connectivity index (χ2v) is 12.2. The number of aromatic nitrogens is 3. The van der Waals surface area contributed by atoms with Gasteiger partial charge in [0.2, 0.25) is 0 Å². The molecule has 2 aromatic heterocycles. The standard InChI is InChI=1S/C20H21N7O5S4.ClH/c21-19-23-11(7-34-19)12(26-32-10-3-1-2-4-10)15(28)24-13-16(29)27-14(18(30)31)9(5-33-17(13)27)6-35-20-25-22-8-36-20;/h7-8,10,13,17H,1-6H2,(H2,21,23)(H,24,28)(H,30,31);1H/t13?,17-;/m1./s1. The van der Waals surface area contributed by atoms with E-state index in [0.29, 0.717) is 21.4 Å². The molecule has 37 heavy (non-hydrogen) atoms. The summed E-state index contributed by atoms with van der Waals surface area (Å²) in [6, 6.07) is -0.901. The van der Waals surface area contributed by atoms with E-state index in [1.165, 1.54) is 39.8 Å². The van der Waals surface area contributed by atoms with Gasteiger partial charge in [0.25, 0.3) is 11.8 Å². The van der Waals surface area contributed by atoms with Crippen LogP contribution in [0.4, 0.5) is 5.13 Å². The average molecular weight is 604 g/mol. The topological polar surface area (TPSA) is 173 Å². The van der Waals surface area contributed by atoms with Crippen LogP contribution in [0.15, 0.2) is 31.7 Å². The number of hydrogen-bond donors (Lipinski definition) is 3. The number of rotatable bonds is 9. The molecule has 2 aliphatic heterocycles. The van der Waals surface area contributed by atoms with E-state index in [2.05, 4.69) is 25.7 Å². The number of carboxylic acids is 1. The number of thiazole rings is 1. The van der Waals surface area contributed by atoms with Gasteiger partial charge < -0.3 is 21.0 Å². The Morgan fingerprint density at radius 1 is 1.32 bits per heavy atom. The van der Waals surface area contributed by atoms with Crippen LogP contribution < -0.4 is 11.1 Å². The monoisotopic (exact) mass is 603 g/mol. The van der Waals surface area contributed by atoms with Crippen LogP contribution in [-0.2, 0) is 19.2 Å². The van der Waals surface area contributed by atoms with Crippen molar-refractivity contribution < 1.29 is 24.3 Å². The number of nitrogens with two attached hydrogens (primary N) is 1. The first-order valence-electron chi connectivity index (χ1n) is 11.0. The van der Waals surface area contributed by atoms with Crippen molar-refractivity contribution in [3.8, 4) is 0 Å². The van der Waals surface area contributed by atoms with Gasteiger partial charge in [0.1, 0.15) is 34.4 Å². The summed E-state index contributed by atoms with van der Waals surface area (Å²) in [4.78, 5) is 49.2. The van der Waals surface area contributed by atoms with Crippen molar-refractivity contribution in [3.05, 3.63) is 27.9 Å². The van der Waals surface area contributed by atoms with Crippen LogP contribution in [0.3, 0.4) is 0 Å². The highest BCUT2D eigenvalue weighted by Gasteiger charge is 2.54. The second-order valence-electron chi connectivity index (χ2n) is 8.13. The van der Waals surface area contributed by atoms with Crippen LogP contribution in [0, 0.1) is 0 Å². The van der Waals surface area contributed by atoms with E-state index in [1.807, 2.05) is 0 Å². The molecule has 198 valence electrons. The molecular formula is C20H22ClN7O5S4. The Kier molecular flexibility index (Phi) is 8.94. The van der Waals surface area contributed by atoms with Gasteiger partial charge in [-0.2, -0.15) is 0 Å². The van der Waals surface area contributed by atoms with Crippen molar-refractivity contribution >= 4 is 87.2 Å². The fourth-order valence-electron chi connectivity index (χ4n) is 4.10. The third kappa shape index (κ3) is 5.87. The quantitative estimate of drug-likeness (QED) is 0.166. The molecule has 2 amide bonds. The summed E-state index contributed by atoms with van der Waals surface area (Å²) < 4.78 is 0.716. The lowest BCUT2D eigenvalue weighted by Gasteiger charge is -2.49. The Bertz CT molecular complexity index is 1230. The lowest BCUT2D eigenvalue weighted by Crippen LogP contribution is -2.71. The van der Waals surface area contributed by atoms with Crippen LogP contribution in [0.5, 0.6) is 0 Å². The first-order valence-corrected chi connectivity index (χ1v) is 14.8. The number of nitrogen functional groups attached to an aromatic ring is 1. The van der Waals surface area contributed by atoms with Gasteiger partial charge in [-0.15, -0.1) is 45.7 Å². The van der Waals surface area contributed by atoms with Crippen molar-refractivity contribution in [3.63, 3.8) is 0 Å². The highest BCUT2D eigenvalue weighted by molar-refractivity contribution is 8.01. The number of oxime groups is 1. The van der Waals surface area contributed by atoms with Crippen molar-refractivity contribution in [2.24, 2.45) is 5.16 Å². The van der Waals surface area contributed by atoms with Crippen molar-refractivity contribution in [1.82, 2.24) is 25.4 Å². The summed E-state index contributed by atoms with van der Waals surface area (Å²) >= 11 is 5.29. The van der Waals surface area contributed by atoms with Crippen LogP contribution in [0.25, 0.3) is 0 Å². The molecule has 12 nitrogen and oxygen atoms in total. The van der Waals surface area contributed by atoms with Crippen molar-refractivity contribution in [2.45, 2.75) is 47.5 Å². The molecule has 0 spiro atoms. The lowest BCUT2D eigenvalue weighted by atomic mass is 10.0. The number of thioether (sulfide) groups is 2. The third-order valence-electron chi connectivity index (χ3n) is 5.82. The zero-order valence-corrected chi connectivity index (χ0v) is 23.1. The van der Waals surface area contributed by atoms with E-state index in [0.717, 1.165) is 37.0 Å². The number of fused-ring (bicyclic) bond motifs is 1. The molecule has 0 aromatic carbocycles. The Morgan fingerprint density at radius 3 is 2.76 bits per heavy atom. The minimum absolute atomic E-state index is 0. The predicted octanol–water partition coefficient (Wildman–Crippen LogP) is 2.19. The van der Waals surface area contributed by atoms with Gasteiger partial charge in [-0.05, 0) is 31.3 Å². The van der Waals surface area contributed by atoms with Crippen molar-refractivity contribution in [1.29, 1.82) is 0 Å². The van der Waals surface area contributed by atoms with Crippen LogP contribution in [-0.4, -0.2) is 77.7 Å². The summed E-state index contributed by atoms with van der Waals surface area (Å²) in [5, 5.41) is 25.7. The maximum absolute atomic E-state index is 13.2. The first kappa shape index (κ1) is 27.6. The maximum atomic E-state index is 13.2. The minimum Gasteiger partial charge on any atom is -0.477 e. The molecule has 1 saturated carbocycles. The number of β-lactam (4-membered cyclic amide) rings is 1. The molecule has 1 aliphatic carbocycles. The molecule has 17 heteroatoms. The fraction of sp³-hybridized carbons (Fsp3) is 0.450. The molecule has 1 unspecified atom stereocenters. The van der Waals surface area contributed by atoms with Crippen LogP contribution >= 0.6 is 58.6 Å². The molecule has 1 saturated heterocycles. The summed E-state index contributed by atoms with van der Waals surface area (Å²) in [5.74, 6) is -1.53. The molecule has 2 atom stereocenters. The van der Waals surface area contributed by atoms with Gasteiger partial charge in [0.05, 0.1) is 0 Å². The van der Waals surface area contributed by atoms with Gasteiger partial charge in [-0.1, -0.05) is 28.3 Å². The number of anilines is 1. The van der Waals surface area contributed by atoms with Gasteiger partial charge >= 0.3 is 5.97 Å². The third-order valence-corrected chi connectivity index (χ3v) is 9.78. The summed E-state index contributed by atoms with van der Waals surface area (Å²) in [5.41, 5.74) is 8.11. The summed E-state index contributed by atoms with van der Waals surface area (Å²) in [7, 11) is 0. The summed E-state index contributed by atoms with van der Waals surface area (Å²) in [6.07, 6.45) is 3.72. The average Bonchev–Trinajstić information content (AvgIpc) is 3.64. The van der Waals surface area contributed by atoms with Gasteiger partial charge in [0.15, 0.2) is 15.2 Å². The van der Waals surface area contributed by atoms with Crippen molar-refractivity contribution in [2.75, 3.05) is 17.2 Å². The zero-order chi connectivity index (χ0) is 25.2. The number of nitrogens with zero attached hydrogens (tertiary/aromatic N) is 5. The molecule has 2 fully saturated rings. The Balaban J connectivity index is 0.00000320. The lowest BCUT2D eigenvalue weighted by molar-refractivity contribution is -0.150. The number of carbonyl (C=O) groups is 3. The SMILES string of the molecule is Cl.Nc1nc(C(=NOC2CCCC2)C(=O)NC2C(=O)N3C(C(=O)O)=C(CSc4nncs4)CS[C@H]23)cs1. The van der Waals surface area contributed by atoms with E-state index in [-0.39, 0.29) is 40.7 Å². The van der Waals surface area contributed by atoms with E-state index in [9.17, 15) is 19.5 Å². The minimum atomic E-state index is -1.18. The van der Waals surface area contributed by atoms with Crippen LogP contribution in [0.1, 0.15) is 31.4 Å². The molecule has 0 bridgehead atoms. The van der Waals surface area contributed by atoms with Gasteiger partial charge in [0, 0.05) is 16.9 Å². The zero-order valence-electron chi connectivity index (χ0n) is 19.1. The normalized spacial score (nSPS) is 21.8. The number of hydrogen-bond acceptors (Lipinski definition) is 13. The van der Waals surface area contributed by atoms with E-state index < -0.39 is 29.2 Å². The summed E-state index contributed by atoms with van der Waals surface area (Å²) in [6.45, 7) is 0. The predicted molar refractivity (Wildman–Crippen MR) is 144 cm³/mol. The Morgan fingerprint density at radius 2 is 2.11 bits per heavy atom. The van der Waals surface area contributed by atoms with Gasteiger partial charge in [-0.25, -0.2) is 9.78 Å². The highest BCUT2D eigenvalue weighted by atomic mass is 35.5. The molecule has 2 aromatic rings. The Hall–Kier alpha value is -2.40. The van der Waals surface area contributed by atoms with E-state index >= 15 is 0 Å². The molecule has 5 rings (SSSR count). The fourth-order valence-corrected chi connectivity index (χ4v) is 7.62. The largest absolute Gasteiger partial charge is 0.477 e. The number of aliphatic carboxylic acids is 1. The molecule has 4 heterocycles. The number of halogens is 1. The Labute approximate surface area is 233 Å². The number of amides is 2. The maximum Gasteiger partial charge on any atom is 0.352 e. The first-order chi connectivity index (χ1) is 17.4. The van der Waals surface area contributed by atoms with E-state index in [4.69, 9.17) is 10.6 Å². The number of carboxylic acid groups (broad SMARTS) is 1. The molecule has 3 aliphatic rings. The second kappa shape index (κ2) is 12.0. The molecule has 4 N–H and O–H groups in total. The van der Waals surface area contributed by atoms with E-state index in [1.54, 1.807) is 10.9 Å². The smallest absolute Gasteiger partial charge is 0.352 e. The molecule has 0 radical (unpaired) electrons. The van der Waals surface area contributed by atoms with Crippen LogP contribution in [0.2, 0.25) is 0 Å². The highest BCUT2D eigenvalue weighted by Crippen LogP contribution is 2.41.